The molecular formula is C14H21NO2. The van der Waals surface area contributed by atoms with Gasteiger partial charge in [0.2, 0.25) is 0 Å². The molecule has 1 aromatic carbocycles. The summed E-state index contributed by atoms with van der Waals surface area (Å²) in [6, 6.07) is 7.57. The number of nitrogens with zero attached hydrogens (tertiary/aromatic N) is 1. The van der Waals surface area contributed by atoms with Crippen LogP contribution in [0, 0.1) is 0 Å². The van der Waals surface area contributed by atoms with E-state index in [1.807, 2.05) is 24.3 Å². The Kier molecular flexibility index (Phi) is 6.87. The molecule has 0 bridgehead atoms. The Labute approximate surface area is 103 Å². The molecule has 0 atom stereocenters. The summed E-state index contributed by atoms with van der Waals surface area (Å²) in [5, 5.41) is 11.6. The summed E-state index contributed by atoms with van der Waals surface area (Å²) in [7, 11) is 0. The van der Waals surface area contributed by atoms with E-state index in [-0.39, 0.29) is 0 Å². The first-order chi connectivity index (χ1) is 8.38. The summed E-state index contributed by atoms with van der Waals surface area (Å²) >= 11 is 0. The summed E-state index contributed by atoms with van der Waals surface area (Å²) < 4.78 is 5.67. The first kappa shape index (κ1) is 13.6. The number of hydrogen-bond acceptors (Lipinski definition) is 3. The molecule has 0 aliphatic rings. The maximum atomic E-state index is 8.53. The van der Waals surface area contributed by atoms with Gasteiger partial charge in [-0.05, 0) is 18.6 Å². The maximum Gasteiger partial charge on any atom is 0.128 e. The molecule has 0 saturated carbocycles. The molecule has 3 nitrogen and oxygen atoms in total. The minimum atomic E-state index is 0.722. The molecule has 1 rings (SSSR count). The first-order valence-electron chi connectivity index (χ1n) is 6.27. The molecule has 94 valence electrons. The Morgan fingerprint density at radius 1 is 1.18 bits per heavy atom. The summed E-state index contributed by atoms with van der Waals surface area (Å²) in [4.78, 5) is 0. The van der Waals surface area contributed by atoms with Crippen LogP contribution in [0.3, 0.4) is 0 Å². The predicted octanol–water partition coefficient (Wildman–Crippen LogP) is 3.84. The zero-order chi connectivity index (χ0) is 12.3. The fourth-order valence-electron chi connectivity index (χ4n) is 1.67. The highest BCUT2D eigenvalue weighted by atomic mass is 16.5. The molecule has 0 radical (unpaired) electrons. The summed E-state index contributed by atoms with van der Waals surface area (Å²) in [5.74, 6) is 0.779. The van der Waals surface area contributed by atoms with Crippen LogP contribution in [0.4, 0.5) is 0 Å². The van der Waals surface area contributed by atoms with Gasteiger partial charge in [0.15, 0.2) is 0 Å². The highest BCUT2D eigenvalue weighted by Gasteiger charge is 2.00. The Hall–Kier alpha value is -1.51. The minimum Gasteiger partial charge on any atom is -0.493 e. The molecule has 0 fully saturated rings. The number of benzene rings is 1. The second kappa shape index (κ2) is 8.62. The lowest BCUT2D eigenvalue weighted by Gasteiger charge is -2.08. The van der Waals surface area contributed by atoms with Gasteiger partial charge in [-0.3, -0.25) is 0 Å². The zero-order valence-corrected chi connectivity index (χ0v) is 10.4. The lowest BCUT2D eigenvalue weighted by Crippen LogP contribution is -2.00. The topological polar surface area (TPSA) is 41.8 Å². The van der Waals surface area contributed by atoms with Gasteiger partial charge < -0.3 is 9.94 Å². The van der Waals surface area contributed by atoms with Crippen LogP contribution in [0.15, 0.2) is 29.4 Å². The molecule has 3 heteroatoms. The molecule has 0 spiro atoms. The lowest BCUT2D eigenvalue weighted by molar-refractivity contribution is 0.303. The van der Waals surface area contributed by atoms with E-state index in [0.29, 0.717) is 0 Å². The van der Waals surface area contributed by atoms with Crippen LogP contribution >= 0.6 is 0 Å². The third-order valence-electron chi connectivity index (χ3n) is 2.62. The molecular weight excluding hydrogens is 214 g/mol. The molecule has 17 heavy (non-hydrogen) atoms. The summed E-state index contributed by atoms with van der Waals surface area (Å²) in [5.41, 5.74) is 0.809. The highest BCUT2D eigenvalue weighted by molar-refractivity contribution is 5.82. The van der Waals surface area contributed by atoms with Crippen LogP contribution in [0.5, 0.6) is 5.75 Å². The van der Waals surface area contributed by atoms with Crippen LogP contribution in [0.25, 0.3) is 0 Å². The van der Waals surface area contributed by atoms with Crippen LogP contribution in [0.1, 0.15) is 44.6 Å². The SMILES string of the molecule is CCCCCCCOc1ccccc1/C=N\O. The predicted molar refractivity (Wildman–Crippen MR) is 70.1 cm³/mol. The summed E-state index contributed by atoms with van der Waals surface area (Å²) in [6.07, 6.45) is 7.52. The van der Waals surface area contributed by atoms with E-state index in [9.17, 15) is 0 Å². The fourth-order valence-corrected chi connectivity index (χ4v) is 1.67. The van der Waals surface area contributed by atoms with Crippen molar-refractivity contribution in [3.05, 3.63) is 29.8 Å². The van der Waals surface area contributed by atoms with Gasteiger partial charge >= 0.3 is 0 Å². The van der Waals surface area contributed by atoms with Gasteiger partial charge in [-0.1, -0.05) is 49.9 Å². The van der Waals surface area contributed by atoms with Gasteiger partial charge in [0.25, 0.3) is 0 Å². The third kappa shape index (κ3) is 5.38. The monoisotopic (exact) mass is 235 g/mol. The standard InChI is InChI=1S/C14H21NO2/c1-2-3-4-5-8-11-17-14-10-7-6-9-13(14)12-15-16/h6-7,9-10,12,16H,2-5,8,11H2,1H3/b15-12-. The van der Waals surface area contributed by atoms with Crippen molar-refractivity contribution in [3.63, 3.8) is 0 Å². The van der Waals surface area contributed by atoms with Crippen molar-refractivity contribution in [3.8, 4) is 5.75 Å². The van der Waals surface area contributed by atoms with Gasteiger partial charge in [0.05, 0.1) is 12.8 Å². The van der Waals surface area contributed by atoms with Crippen molar-refractivity contribution in [2.45, 2.75) is 39.0 Å². The fraction of sp³-hybridized carbons (Fsp3) is 0.500. The van der Waals surface area contributed by atoms with Crippen molar-refractivity contribution < 1.29 is 9.94 Å². The molecule has 1 aromatic rings. The average Bonchev–Trinajstić information content (AvgIpc) is 2.36. The van der Waals surface area contributed by atoms with Gasteiger partial charge in [-0.2, -0.15) is 0 Å². The lowest BCUT2D eigenvalue weighted by atomic mass is 10.2. The van der Waals surface area contributed by atoms with Gasteiger partial charge in [0.1, 0.15) is 5.75 Å². The maximum absolute atomic E-state index is 8.53. The first-order valence-corrected chi connectivity index (χ1v) is 6.27. The van der Waals surface area contributed by atoms with Crippen molar-refractivity contribution >= 4 is 6.21 Å². The molecule has 0 unspecified atom stereocenters. The van der Waals surface area contributed by atoms with E-state index in [1.165, 1.54) is 31.9 Å². The Balaban J connectivity index is 2.31. The number of hydrogen-bond donors (Lipinski definition) is 1. The third-order valence-corrected chi connectivity index (χ3v) is 2.62. The van der Waals surface area contributed by atoms with E-state index >= 15 is 0 Å². The van der Waals surface area contributed by atoms with Gasteiger partial charge in [-0.15, -0.1) is 0 Å². The quantitative estimate of drug-likeness (QED) is 0.322. The number of unbranched alkanes of at least 4 members (excludes halogenated alkanes) is 4. The van der Waals surface area contributed by atoms with E-state index in [1.54, 1.807) is 0 Å². The molecule has 0 aliphatic carbocycles. The van der Waals surface area contributed by atoms with Crippen LogP contribution in [-0.4, -0.2) is 18.0 Å². The van der Waals surface area contributed by atoms with E-state index in [0.717, 1.165) is 24.3 Å². The number of ether oxygens (including phenoxy) is 1. The van der Waals surface area contributed by atoms with Crippen molar-refractivity contribution in [1.82, 2.24) is 0 Å². The molecule has 1 N–H and O–H groups in total. The Bertz CT molecular complexity index is 337. The Morgan fingerprint density at radius 2 is 1.94 bits per heavy atom. The van der Waals surface area contributed by atoms with Gasteiger partial charge in [-0.25, -0.2) is 0 Å². The molecule has 0 heterocycles. The van der Waals surface area contributed by atoms with Crippen LogP contribution in [-0.2, 0) is 0 Å². The van der Waals surface area contributed by atoms with Gasteiger partial charge in [0, 0.05) is 5.56 Å². The number of rotatable bonds is 8. The second-order valence-corrected chi connectivity index (χ2v) is 4.05. The number of oxime groups is 1. The molecule has 0 amide bonds. The van der Waals surface area contributed by atoms with E-state index in [4.69, 9.17) is 9.94 Å². The molecule has 0 aromatic heterocycles. The van der Waals surface area contributed by atoms with Crippen molar-refractivity contribution in [2.75, 3.05) is 6.61 Å². The zero-order valence-electron chi connectivity index (χ0n) is 10.4. The second-order valence-electron chi connectivity index (χ2n) is 4.05. The largest absolute Gasteiger partial charge is 0.493 e. The van der Waals surface area contributed by atoms with Crippen molar-refractivity contribution in [1.29, 1.82) is 0 Å². The van der Waals surface area contributed by atoms with Crippen LogP contribution in [0.2, 0.25) is 0 Å². The normalized spacial score (nSPS) is 10.9. The number of para-hydroxylation sites is 1. The molecule has 0 aliphatic heterocycles. The molecule has 0 saturated heterocycles. The van der Waals surface area contributed by atoms with Crippen LogP contribution < -0.4 is 4.74 Å². The minimum absolute atomic E-state index is 0.722. The average molecular weight is 235 g/mol. The smallest absolute Gasteiger partial charge is 0.128 e. The highest BCUT2D eigenvalue weighted by Crippen LogP contribution is 2.16. The van der Waals surface area contributed by atoms with Crippen molar-refractivity contribution in [2.24, 2.45) is 5.16 Å². The van der Waals surface area contributed by atoms with E-state index < -0.39 is 0 Å². The van der Waals surface area contributed by atoms with E-state index in [2.05, 4.69) is 12.1 Å². The summed E-state index contributed by atoms with van der Waals surface area (Å²) in [6.45, 7) is 2.93. The Morgan fingerprint density at radius 3 is 2.71 bits per heavy atom.